The van der Waals surface area contributed by atoms with E-state index >= 15 is 0 Å². The molecule has 1 unspecified atom stereocenters. The molecule has 1 aliphatic heterocycles. The Kier molecular flexibility index (Phi) is 3.45. The van der Waals surface area contributed by atoms with Crippen molar-refractivity contribution < 1.29 is 18.0 Å². The zero-order valence-electron chi connectivity index (χ0n) is 11.0. The summed E-state index contributed by atoms with van der Waals surface area (Å²) in [6.45, 7) is 3.56. The largest absolute Gasteiger partial charge is 0.416 e. The van der Waals surface area contributed by atoms with Crippen molar-refractivity contribution in [1.82, 2.24) is 0 Å². The lowest BCUT2D eigenvalue weighted by Gasteiger charge is -2.17. The van der Waals surface area contributed by atoms with Crippen LogP contribution in [-0.4, -0.2) is 11.6 Å². The molecule has 0 aromatic heterocycles. The normalized spacial score (nSPS) is 19.4. The van der Waals surface area contributed by atoms with Gasteiger partial charge in [-0.1, -0.05) is 6.92 Å². The minimum absolute atomic E-state index is 0.124. The van der Waals surface area contributed by atoms with Crippen LogP contribution in [0.15, 0.2) is 23.3 Å². The fourth-order valence-electron chi connectivity index (χ4n) is 2.17. The molecule has 0 saturated heterocycles. The van der Waals surface area contributed by atoms with Crippen LogP contribution in [-0.2, 0) is 11.0 Å². The van der Waals surface area contributed by atoms with Gasteiger partial charge in [0.25, 0.3) is 5.91 Å². The van der Waals surface area contributed by atoms with E-state index in [0.29, 0.717) is 12.1 Å². The fourth-order valence-corrected chi connectivity index (χ4v) is 2.17. The van der Waals surface area contributed by atoms with Gasteiger partial charge in [0.05, 0.1) is 22.9 Å². The molecule has 0 saturated carbocycles. The molecule has 1 heterocycles. The molecule has 7 heteroatoms. The van der Waals surface area contributed by atoms with E-state index in [1.54, 1.807) is 6.92 Å². The van der Waals surface area contributed by atoms with Crippen molar-refractivity contribution in [1.29, 1.82) is 0 Å². The van der Waals surface area contributed by atoms with Crippen LogP contribution in [0.25, 0.3) is 0 Å². The minimum Gasteiger partial charge on any atom is -0.397 e. The van der Waals surface area contributed by atoms with E-state index in [1.165, 1.54) is 6.07 Å². The monoisotopic (exact) mass is 285 g/mol. The molecule has 4 nitrogen and oxygen atoms in total. The Morgan fingerprint density at radius 3 is 2.50 bits per heavy atom. The van der Waals surface area contributed by atoms with Gasteiger partial charge in [-0.2, -0.15) is 23.3 Å². The molecule has 108 valence electrons. The predicted octanol–water partition coefficient (Wildman–Crippen LogP) is 3.04. The second-order valence-corrected chi connectivity index (χ2v) is 4.62. The zero-order valence-corrected chi connectivity index (χ0v) is 11.0. The summed E-state index contributed by atoms with van der Waals surface area (Å²) in [5.74, 6) is -0.604. The van der Waals surface area contributed by atoms with E-state index in [9.17, 15) is 18.0 Å². The number of anilines is 2. The molecule has 1 aromatic carbocycles. The maximum Gasteiger partial charge on any atom is 0.416 e. The lowest BCUT2D eigenvalue weighted by atomic mass is 10.0. The van der Waals surface area contributed by atoms with Gasteiger partial charge in [0.2, 0.25) is 0 Å². The second-order valence-electron chi connectivity index (χ2n) is 4.62. The third-order valence-electron chi connectivity index (χ3n) is 3.26. The van der Waals surface area contributed by atoms with Crippen LogP contribution < -0.4 is 10.7 Å². The Balaban J connectivity index is 2.39. The molecular formula is C13H14F3N3O. The molecule has 1 amide bonds. The Morgan fingerprint density at radius 2 is 2.05 bits per heavy atom. The van der Waals surface area contributed by atoms with Gasteiger partial charge in [-0.25, -0.2) is 0 Å². The number of nitrogens with two attached hydrogens (primary N) is 1. The number of hydrazone groups is 1. The van der Waals surface area contributed by atoms with Gasteiger partial charge in [0.1, 0.15) is 0 Å². The van der Waals surface area contributed by atoms with Crippen LogP contribution in [0.5, 0.6) is 0 Å². The quantitative estimate of drug-likeness (QED) is 0.849. The number of hydrogen-bond donors (Lipinski definition) is 1. The number of carbonyl (C=O) groups is 1. The van der Waals surface area contributed by atoms with Crippen LogP contribution >= 0.6 is 0 Å². The highest BCUT2D eigenvalue weighted by Gasteiger charge is 2.35. The van der Waals surface area contributed by atoms with Gasteiger partial charge in [-0.3, -0.25) is 4.79 Å². The van der Waals surface area contributed by atoms with E-state index in [1.807, 2.05) is 6.92 Å². The molecule has 1 atom stereocenters. The second kappa shape index (κ2) is 4.81. The van der Waals surface area contributed by atoms with Crippen molar-refractivity contribution in [3.8, 4) is 0 Å². The number of rotatable bonds is 2. The van der Waals surface area contributed by atoms with Crippen molar-refractivity contribution in [3.05, 3.63) is 23.8 Å². The number of nitrogen functional groups attached to an aromatic ring is 1. The van der Waals surface area contributed by atoms with E-state index < -0.39 is 11.7 Å². The number of amides is 1. The average molecular weight is 285 g/mol. The van der Waals surface area contributed by atoms with Crippen molar-refractivity contribution >= 4 is 23.0 Å². The molecule has 1 aromatic rings. The summed E-state index contributed by atoms with van der Waals surface area (Å²) in [4.78, 5) is 12.1. The van der Waals surface area contributed by atoms with Crippen molar-refractivity contribution in [3.63, 3.8) is 0 Å². The highest BCUT2D eigenvalue weighted by molar-refractivity contribution is 6.15. The summed E-state index contributed by atoms with van der Waals surface area (Å²) in [7, 11) is 0. The molecule has 2 N–H and O–H groups in total. The molecule has 0 bridgehead atoms. The van der Waals surface area contributed by atoms with Gasteiger partial charge in [0, 0.05) is 5.71 Å². The lowest BCUT2D eigenvalue weighted by Crippen LogP contribution is -2.27. The van der Waals surface area contributed by atoms with Gasteiger partial charge >= 0.3 is 6.18 Å². The van der Waals surface area contributed by atoms with Crippen molar-refractivity contribution in [2.45, 2.75) is 26.4 Å². The van der Waals surface area contributed by atoms with Crippen LogP contribution in [0.2, 0.25) is 0 Å². The van der Waals surface area contributed by atoms with Crippen LogP contribution in [0.1, 0.15) is 25.8 Å². The summed E-state index contributed by atoms with van der Waals surface area (Å²) >= 11 is 0. The Morgan fingerprint density at radius 1 is 1.40 bits per heavy atom. The molecule has 0 fully saturated rings. The number of alkyl halides is 3. The fraction of sp³-hybridized carbons (Fsp3) is 0.385. The first-order valence-corrected chi connectivity index (χ1v) is 6.11. The third kappa shape index (κ3) is 2.35. The van der Waals surface area contributed by atoms with E-state index in [-0.39, 0.29) is 23.2 Å². The number of carbonyl (C=O) groups excluding carboxylic acids is 1. The minimum atomic E-state index is -4.47. The first-order chi connectivity index (χ1) is 9.25. The summed E-state index contributed by atoms with van der Waals surface area (Å²) in [5.41, 5.74) is 5.47. The Hall–Kier alpha value is -2.05. The maximum absolute atomic E-state index is 12.6. The van der Waals surface area contributed by atoms with Crippen molar-refractivity contribution in [2.24, 2.45) is 11.0 Å². The summed E-state index contributed by atoms with van der Waals surface area (Å²) in [6.07, 6.45) is -3.88. The molecule has 0 radical (unpaired) electrons. The molecular weight excluding hydrogens is 271 g/mol. The average Bonchev–Trinajstić information content (AvgIpc) is 2.63. The maximum atomic E-state index is 12.6. The highest BCUT2D eigenvalue weighted by atomic mass is 19.4. The molecule has 20 heavy (non-hydrogen) atoms. The van der Waals surface area contributed by atoms with E-state index in [2.05, 4.69) is 5.10 Å². The molecule has 2 rings (SSSR count). The van der Waals surface area contributed by atoms with Gasteiger partial charge < -0.3 is 5.73 Å². The topological polar surface area (TPSA) is 58.7 Å². The molecule has 0 spiro atoms. The smallest absolute Gasteiger partial charge is 0.397 e. The third-order valence-corrected chi connectivity index (χ3v) is 3.26. The SMILES string of the molecule is CCC1C(=O)N(c2ccc(C(F)(F)F)cc2N)N=C1C. The lowest BCUT2D eigenvalue weighted by molar-refractivity contribution is -0.137. The summed E-state index contributed by atoms with van der Waals surface area (Å²) in [6, 6.07) is 2.88. The van der Waals surface area contributed by atoms with Gasteiger partial charge in [-0.05, 0) is 31.5 Å². The summed E-state index contributed by atoms with van der Waals surface area (Å²) in [5, 5.41) is 5.17. The number of halogens is 3. The summed E-state index contributed by atoms with van der Waals surface area (Å²) < 4.78 is 37.7. The Bertz CT molecular complexity index is 581. The van der Waals surface area contributed by atoms with Crippen molar-refractivity contribution in [2.75, 3.05) is 10.7 Å². The number of benzene rings is 1. The van der Waals surface area contributed by atoms with E-state index in [0.717, 1.165) is 17.1 Å². The number of nitrogens with zero attached hydrogens (tertiary/aromatic N) is 2. The molecule has 1 aliphatic rings. The molecule has 0 aliphatic carbocycles. The van der Waals surface area contributed by atoms with Crippen LogP contribution in [0, 0.1) is 5.92 Å². The first kappa shape index (κ1) is 14.4. The van der Waals surface area contributed by atoms with E-state index in [4.69, 9.17) is 5.73 Å². The Labute approximate surface area is 114 Å². The van der Waals surface area contributed by atoms with Crippen LogP contribution in [0.3, 0.4) is 0 Å². The first-order valence-electron chi connectivity index (χ1n) is 6.11. The van der Waals surface area contributed by atoms with Gasteiger partial charge in [0.15, 0.2) is 0 Å². The zero-order chi connectivity index (χ0) is 15.1. The van der Waals surface area contributed by atoms with Gasteiger partial charge in [-0.15, -0.1) is 0 Å². The number of hydrogen-bond acceptors (Lipinski definition) is 3. The highest BCUT2D eigenvalue weighted by Crippen LogP contribution is 2.36. The predicted molar refractivity (Wildman–Crippen MR) is 70.2 cm³/mol. The van der Waals surface area contributed by atoms with Crippen LogP contribution in [0.4, 0.5) is 24.5 Å². The standard InChI is InChI=1S/C13H14F3N3O/c1-3-9-7(2)18-19(12(9)20)11-5-4-8(6-10(11)17)13(14,15)16/h4-6,9H,3,17H2,1-2H3.